The Morgan fingerprint density at radius 3 is 2.50 bits per heavy atom. The van der Waals surface area contributed by atoms with Crippen LogP contribution in [0.15, 0.2) is 18.2 Å². The fourth-order valence-electron chi connectivity index (χ4n) is 5.12. The Morgan fingerprint density at radius 1 is 1.07 bits per heavy atom. The number of carbonyl (C=O) groups is 1. The fourth-order valence-corrected chi connectivity index (χ4v) is 5.12. The number of halogens is 2. The molecule has 1 amide bonds. The first-order valence-corrected chi connectivity index (χ1v) is 11.5. The molecule has 166 valence electrons. The Balaban J connectivity index is 1.13. The summed E-state index contributed by atoms with van der Waals surface area (Å²) in [6.45, 7) is 5.41. The number of amides is 1. The quantitative estimate of drug-likeness (QED) is 0.743. The van der Waals surface area contributed by atoms with Crippen molar-refractivity contribution in [3.05, 3.63) is 29.8 Å². The van der Waals surface area contributed by atoms with E-state index in [0.717, 1.165) is 76.9 Å². The molecule has 0 radical (unpaired) electrons. The number of carbonyl (C=O) groups excluding carboxylic acids is 1. The average molecular weight is 421 g/mol. The number of nitrogens with one attached hydrogen (secondary N) is 2. The molecule has 0 aromatic heterocycles. The highest BCUT2D eigenvalue weighted by atomic mass is 19.1. The summed E-state index contributed by atoms with van der Waals surface area (Å²) < 4.78 is 27.1. The molecule has 2 aliphatic heterocycles. The predicted molar refractivity (Wildman–Crippen MR) is 115 cm³/mol. The Hall–Kier alpha value is -1.73. The summed E-state index contributed by atoms with van der Waals surface area (Å²) in [7, 11) is 0. The second-order valence-electron chi connectivity index (χ2n) is 9.09. The molecule has 2 heterocycles. The molecule has 0 bridgehead atoms. The van der Waals surface area contributed by atoms with Crippen LogP contribution >= 0.6 is 0 Å². The number of piperazine rings is 1. The van der Waals surface area contributed by atoms with Crippen molar-refractivity contribution in [2.45, 2.75) is 57.0 Å². The van der Waals surface area contributed by atoms with Gasteiger partial charge in [-0.25, -0.2) is 8.78 Å². The Kier molecular flexibility index (Phi) is 7.20. The summed E-state index contributed by atoms with van der Waals surface area (Å²) in [5, 5.41) is 6.52. The lowest BCUT2D eigenvalue weighted by Crippen LogP contribution is -2.47. The largest absolute Gasteiger partial charge is 0.367 e. The van der Waals surface area contributed by atoms with Gasteiger partial charge in [-0.15, -0.1) is 0 Å². The smallest absolute Gasteiger partial charge is 0.237 e. The molecule has 7 heteroatoms. The maximum atomic E-state index is 14.0. The van der Waals surface area contributed by atoms with Gasteiger partial charge >= 0.3 is 0 Å². The molecule has 0 spiro atoms. The summed E-state index contributed by atoms with van der Waals surface area (Å²) in [4.78, 5) is 16.7. The van der Waals surface area contributed by atoms with Gasteiger partial charge in [-0.3, -0.25) is 9.69 Å². The first-order valence-electron chi connectivity index (χ1n) is 11.5. The standard InChI is InChI=1S/C23H34F2N4O/c24-18-5-8-22(20(25)16-18)29-14-12-28(13-15-29)11-9-17-3-6-19(7-4-17)27-23(30)21-2-1-10-26-21/h5,8,16-17,19,21,26H,1-4,6-7,9-15H2,(H,27,30)/t17-,19-,21-/m0/s1. The number of hydrogen-bond acceptors (Lipinski definition) is 4. The monoisotopic (exact) mass is 420 g/mol. The van der Waals surface area contributed by atoms with Gasteiger partial charge in [0.1, 0.15) is 11.6 Å². The zero-order valence-electron chi connectivity index (χ0n) is 17.7. The van der Waals surface area contributed by atoms with Crippen molar-refractivity contribution < 1.29 is 13.6 Å². The zero-order valence-corrected chi connectivity index (χ0v) is 17.7. The highest BCUT2D eigenvalue weighted by molar-refractivity contribution is 5.82. The highest BCUT2D eigenvalue weighted by Gasteiger charge is 2.27. The number of hydrogen-bond donors (Lipinski definition) is 2. The van der Waals surface area contributed by atoms with Crippen LogP contribution in [0.3, 0.4) is 0 Å². The minimum atomic E-state index is -0.528. The van der Waals surface area contributed by atoms with Crippen molar-refractivity contribution in [3.63, 3.8) is 0 Å². The first kappa shape index (κ1) is 21.5. The number of benzene rings is 1. The highest BCUT2D eigenvalue weighted by Crippen LogP contribution is 2.28. The van der Waals surface area contributed by atoms with Gasteiger partial charge in [0.2, 0.25) is 5.91 Å². The molecular weight excluding hydrogens is 386 g/mol. The molecule has 2 N–H and O–H groups in total. The van der Waals surface area contributed by atoms with Crippen LogP contribution in [0.5, 0.6) is 0 Å². The number of anilines is 1. The molecule has 1 aromatic carbocycles. The van der Waals surface area contributed by atoms with Gasteiger partial charge in [0, 0.05) is 38.3 Å². The summed E-state index contributed by atoms with van der Waals surface area (Å²) in [5.41, 5.74) is 0.504. The molecule has 5 nitrogen and oxygen atoms in total. The maximum Gasteiger partial charge on any atom is 0.237 e. The third kappa shape index (κ3) is 5.49. The molecule has 3 aliphatic rings. The van der Waals surface area contributed by atoms with E-state index in [0.29, 0.717) is 11.7 Å². The molecule has 3 fully saturated rings. The van der Waals surface area contributed by atoms with E-state index in [1.165, 1.54) is 25.3 Å². The van der Waals surface area contributed by atoms with Crippen LogP contribution in [0, 0.1) is 17.6 Å². The van der Waals surface area contributed by atoms with E-state index in [1.807, 2.05) is 4.90 Å². The van der Waals surface area contributed by atoms with E-state index < -0.39 is 11.6 Å². The van der Waals surface area contributed by atoms with Gasteiger partial charge < -0.3 is 15.5 Å². The molecular formula is C23H34F2N4O. The predicted octanol–water partition coefficient (Wildman–Crippen LogP) is 2.90. The van der Waals surface area contributed by atoms with Crippen molar-refractivity contribution in [1.82, 2.24) is 15.5 Å². The van der Waals surface area contributed by atoms with E-state index in [4.69, 9.17) is 0 Å². The summed E-state index contributed by atoms with van der Waals surface area (Å²) >= 11 is 0. The second kappa shape index (κ2) is 10.1. The van der Waals surface area contributed by atoms with Gasteiger partial charge in [0.15, 0.2) is 0 Å². The van der Waals surface area contributed by atoms with Crippen LogP contribution in [-0.2, 0) is 4.79 Å². The first-order chi connectivity index (χ1) is 14.6. The molecule has 2 saturated heterocycles. The maximum absolute atomic E-state index is 14.0. The summed E-state index contributed by atoms with van der Waals surface area (Å²) in [6.07, 6.45) is 7.78. The van der Waals surface area contributed by atoms with Crippen LogP contribution in [0.2, 0.25) is 0 Å². The van der Waals surface area contributed by atoms with Crippen molar-refractivity contribution in [1.29, 1.82) is 0 Å². The van der Waals surface area contributed by atoms with Crippen molar-refractivity contribution in [2.75, 3.05) is 44.2 Å². The second-order valence-corrected chi connectivity index (χ2v) is 9.09. The molecule has 1 saturated carbocycles. The summed E-state index contributed by atoms with van der Waals surface area (Å²) in [5.74, 6) is -0.0860. The van der Waals surface area contributed by atoms with Crippen molar-refractivity contribution >= 4 is 11.6 Å². The topological polar surface area (TPSA) is 47.6 Å². The molecule has 30 heavy (non-hydrogen) atoms. The van der Waals surface area contributed by atoms with Crippen LogP contribution in [-0.4, -0.2) is 62.2 Å². The Bertz CT molecular complexity index is 709. The lowest BCUT2D eigenvalue weighted by atomic mass is 9.84. The molecule has 4 rings (SSSR count). The summed E-state index contributed by atoms with van der Waals surface area (Å²) in [6, 6.07) is 4.19. The van der Waals surface area contributed by atoms with E-state index >= 15 is 0 Å². The van der Waals surface area contributed by atoms with Crippen LogP contribution in [0.25, 0.3) is 0 Å². The minimum Gasteiger partial charge on any atom is -0.367 e. The lowest BCUT2D eigenvalue weighted by Gasteiger charge is -2.37. The van der Waals surface area contributed by atoms with E-state index in [2.05, 4.69) is 15.5 Å². The fraction of sp³-hybridized carbons (Fsp3) is 0.696. The number of rotatable bonds is 6. The lowest BCUT2D eigenvalue weighted by molar-refractivity contribution is -0.123. The van der Waals surface area contributed by atoms with Gasteiger partial charge in [0.05, 0.1) is 11.7 Å². The third-order valence-electron chi connectivity index (χ3n) is 7.05. The molecule has 1 aliphatic carbocycles. The van der Waals surface area contributed by atoms with Crippen molar-refractivity contribution in [2.24, 2.45) is 5.92 Å². The van der Waals surface area contributed by atoms with Gasteiger partial charge in [-0.05, 0) is 76.1 Å². The minimum absolute atomic E-state index is 0.0183. The SMILES string of the molecule is O=C(N[C@H]1CC[C@H](CCN2CCN(c3ccc(F)cc3F)CC2)CC1)[C@@H]1CCCN1. The molecule has 1 aromatic rings. The Morgan fingerprint density at radius 2 is 1.83 bits per heavy atom. The normalized spacial score (nSPS) is 27.9. The van der Waals surface area contributed by atoms with Gasteiger partial charge in [-0.1, -0.05) is 0 Å². The molecule has 0 unspecified atom stereocenters. The zero-order chi connectivity index (χ0) is 20.9. The van der Waals surface area contributed by atoms with Crippen LogP contribution in [0.4, 0.5) is 14.5 Å². The van der Waals surface area contributed by atoms with Crippen molar-refractivity contribution in [3.8, 4) is 0 Å². The van der Waals surface area contributed by atoms with E-state index in [1.54, 1.807) is 6.07 Å². The van der Waals surface area contributed by atoms with Gasteiger partial charge in [-0.2, -0.15) is 0 Å². The van der Waals surface area contributed by atoms with E-state index in [9.17, 15) is 13.6 Å². The van der Waals surface area contributed by atoms with Crippen LogP contribution < -0.4 is 15.5 Å². The van der Waals surface area contributed by atoms with E-state index in [-0.39, 0.29) is 11.9 Å². The average Bonchev–Trinajstić information content (AvgIpc) is 3.29. The number of nitrogens with zero attached hydrogens (tertiary/aromatic N) is 2. The Labute approximate surface area is 178 Å². The third-order valence-corrected chi connectivity index (χ3v) is 7.05. The van der Waals surface area contributed by atoms with Gasteiger partial charge in [0.25, 0.3) is 0 Å². The molecule has 1 atom stereocenters. The van der Waals surface area contributed by atoms with Crippen LogP contribution in [0.1, 0.15) is 44.9 Å².